The summed E-state index contributed by atoms with van der Waals surface area (Å²) in [5.74, 6) is -0.428. The molecule has 98 valence electrons. The molecule has 2 aliphatic rings. The lowest BCUT2D eigenvalue weighted by Crippen LogP contribution is -2.55. The highest BCUT2D eigenvalue weighted by Gasteiger charge is 2.47. The third-order valence-electron chi connectivity index (χ3n) is 3.06. The number of ether oxygens (including phenoxy) is 3. The number of fused-ring (bicyclic) bond motifs is 1. The molecule has 0 spiro atoms. The zero-order valence-electron chi connectivity index (χ0n) is 10.1. The summed E-state index contributed by atoms with van der Waals surface area (Å²) in [7, 11) is -1.28. The van der Waals surface area contributed by atoms with Gasteiger partial charge >= 0.3 is 5.97 Å². The Labute approximate surface area is 103 Å². The van der Waals surface area contributed by atoms with E-state index in [2.05, 4.69) is 0 Å². The van der Waals surface area contributed by atoms with Crippen LogP contribution < -0.4 is 0 Å². The molecule has 2 aliphatic heterocycles. The second-order valence-electron chi connectivity index (χ2n) is 4.26. The maximum absolute atomic E-state index is 12.3. The van der Waals surface area contributed by atoms with Gasteiger partial charge in [-0.25, -0.2) is 0 Å². The van der Waals surface area contributed by atoms with Crippen LogP contribution in [0.4, 0.5) is 0 Å². The van der Waals surface area contributed by atoms with Crippen LogP contribution in [0.1, 0.15) is 26.7 Å². The van der Waals surface area contributed by atoms with Gasteiger partial charge in [0.2, 0.25) is 0 Å². The molecule has 17 heavy (non-hydrogen) atoms. The second-order valence-corrected chi connectivity index (χ2v) is 6.03. The topological polar surface area (TPSA) is 61.8 Å². The standard InChI is InChI=1S/C11H18O5S/c1-3-14-10(12)9-7(2)16-11-8(17(9)13)5-4-6-15-11/h7-9,11H,3-6H2,1-2H3/t7?,8?,9?,11-,17+/m1/s1. The van der Waals surface area contributed by atoms with Crippen LogP contribution >= 0.6 is 0 Å². The van der Waals surface area contributed by atoms with Crippen LogP contribution in [0.15, 0.2) is 0 Å². The van der Waals surface area contributed by atoms with Gasteiger partial charge in [0, 0.05) is 17.4 Å². The molecule has 0 N–H and O–H groups in total. The van der Waals surface area contributed by atoms with Crippen LogP contribution in [0.3, 0.4) is 0 Å². The fourth-order valence-corrected chi connectivity index (χ4v) is 4.09. The van der Waals surface area contributed by atoms with Gasteiger partial charge in [-0.3, -0.25) is 9.00 Å². The Kier molecular flexibility index (Phi) is 4.17. The van der Waals surface area contributed by atoms with Crippen LogP contribution in [-0.4, -0.2) is 46.3 Å². The van der Waals surface area contributed by atoms with E-state index in [1.165, 1.54) is 0 Å². The molecule has 0 amide bonds. The first-order valence-corrected chi connectivity index (χ1v) is 7.25. The Morgan fingerprint density at radius 1 is 1.53 bits per heavy atom. The normalized spacial score (nSPS) is 41.6. The lowest BCUT2D eigenvalue weighted by Gasteiger charge is -2.40. The van der Waals surface area contributed by atoms with Crippen molar-refractivity contribution in [2.75, 3.05) is 13.2 Å². The molecule has 2 fully saturated rings. The van der Waals surface area contributed by atoms with E-state index < -0.39 is 34.4 Å². The molecule has 5 atom stereocenters. The zero-order valence-corrected chi connectivity index (χ0v) is 10.9. The van der Waals surface area contributed by atoms with Crippen molar-refractivity contribution in [3.63, 3.8) is 0 Å². The summed E-state index contributed by atoms with van der Waals surface area (Å²) in [5.41, 5.74) is 0. The minimum Gasteiger partial charge on any atom is -0.465 e. The van der Waals surface area contributed by atoms with Crippen LogP contribution in [0.2, 0.25) is 0 Å². The first-order chi connectivity index (χ1) is 8.15. The molecule has 0 aromatic carbocycles. The van der Waals surface area contributed by atoms with Gasteiger partial charge in [-0.05, 0) is 26.7 Å². The van der Waals surface area contributed by atoms with E-state index in [0.717, 1.165) is 12.8 Å². The molecule has 0 aromatic rings. The number of carbonyl (C=O) groups excluding carboxylic acids is 1. The van der Waals surface area contributed by atoms with Gasteiger partial charge in [0.05, 0.1) is 18.0 Å². The van der Waals surface area contributed by atoms with Crippen LogP contribution in [-0.2, 0) is 29.8 Å². The van der Waals surface area contributed by atoms with Crippen LogP contribution in [0.25, 0.3) is 0 Å². The van der Waals surface area contributed by atoms with E-state index in [1.807, 2.05) is 0 Å². The van der Waals surface area contributed by atoms with E-state index in [0.29, 0.717) is 13.2 Å². The van der Waals surface area contributed by atoms with Crippen molar-refractivity contribution in [1.29, 1.82) is 0 Å². The fourth-order valence-electron chi connectivity index (χ4n) is 2.25. The molecular weight excluding hydrogens is 244 g/mol. The van der Waals surface area contributed by atoms with E-state index in [1.54, 1.807) is 13.8 Å². The first-order valence-electron chi connectivity index (χ1n) is 5.98. The predicted octanol–water partition coefficient (Wildman–Crippen LogP) is 0.591. The second kappa shape index (κ2) is 5.46. The van der Waals surface area contributed by atoms with Crippen molar-refractivity contribution in [3.8, 4) is 0 Å². The molecule has 0 aromatic heterocycles. The number of carbonyl (C=O) groups is 1. The van der Waals surface area contributed by atoms with Crippen molar-refractivity contribution < 1.29 is 23.2 Å². The monoisotopic (exact) mass is 262 g/mol. The maximum Gasteiger partial charge on any atom is 0.324 e. The molecule has 0 radical (unpaired) electrons. The highest BCUT2D eigenvalue weighted by atomic mass is 32.2. The minimum atomic E-state index is -1.28. The largest absolute Gasteiger partial charge is 0.465 e. The zero-order chi connectivity index (χ0) is 12.4. The fraction of sp³-hybridized carbons (Fsp3) is 0.909. The summed E-state index contributed by atoms with van der Waals surface area (Å²) in [4.78, 5) is 11.8. The number of esters is 1. The van der Waals surface area contributed by atoms with Gasteiger partial charge < -0.3 is 14.2 Å². The smallest absolute Gasteiger partial charge is 0.324 e. The Morgan fingerprint density at radius 3 is 3.00 bits per heavy atom. The third kappa shape index (κ3) is 2.53. The van der Waals surface area contributed by atoms with Crippen molar-refractivity contribution in [2.24, 2.45) is 0 Å². The summed E-state index contributed by atoms with van der Waals surface area (Å²) in [6.45, 7) is 4.41. The Hall–Kier alpha value is -0.460. The quantitative estimate of drug-likeness (QED) is 0.682. The lowest BCUT2D eigenvalue weighted by atomic mass is 10.2. The average Bonchev–Trinajstić information content (AvgIpc) is 2.29. The van der Waals surface area contributed by atoms with Gasteiger partial charge in [-0.1, -0.05) is 0 Å². The van der Waals surface area contributed by atoms with E-state index >= 15 is 0 Å². The molecule has 2 heterocycles. The minimum absolute atomic E-state index is 0.200. The van der Waals surface area contributed by atoms with Crippen LogP contribution in [0.5, 0.6) is 0 Å². The molecule has 3 unspecified atom stereocenters. The number of rotatable bonds is 2. The molecular formula is C11H18O5S. The highest BCUT2D eigenvalue weighted by Crippen LogP contribution is 2.30. The third-order valence-corrected chi connectivity index (χ3v) is 5.19. The van der Waals surface area contributed by atoms with Gasteiger partial charge in [-0.2, -0.15) is 0 Å². The van der Waals surface area contributed by atoms with Crippen molar-refractivity contribution >= 4 is 16.8 Å². The summed E-state index contributed by atoms with van der Waals surface area (Å²) >= 11 is 0. The van der Waals surface area contributed by atoms with E-state index in [4.69, 9.17) is 14.2 Å². The van der Waals surface area contributed by atoms with E-state index in [9.17, 15) is 9.00 Å². The molecule has 2 saturated heterocycles. The van der Waals surface area contributed by atoms with Gasteiger partial charge in [-0.15, -0.1) is 0 Å². The highest BCUT2D eigenvalue weighted by molar-refractivity contribution is 7.87. The summed E-state index contributed by atoms with van der Waals surface area (Å²) in [6, 6.07) is 0. The Morgan fingerprint density at radius 2 is 2.29 bits per heavy atom. The van der Waals surface area contributed by atoms with E-state index in [-0.39, 0.29) is 5.25 Å². The lowest BCUT2D eigenvalue weighted by molar-refractivity contribution is -0.191. The van der Waals surface area contributed by atoms with Gasteiger partial charge in [0.25, 0.3) is 0 Å². The average molecular weight is 262 g/mol. The predicted molar refractivity (Wildman–Crippen MR) is 61.9 cm³/mol. The first kappa shape index (κ1) is 13.0. The molecule has 0 aliphatic carbocycles. The van der Waals surface area contributed by atoms with Crippen molar-refractivity contribution in [2.45, 2.75) is 49.6 Å². The molecule has 2 rings (SSSR count). The Bertz CT molecular complexity index is 319. The molecule has 6 heteroatoms. The number of hydrogen-bond donors (Lipinski definition) is 0. The Balaban J connectivity index is 2.12. The molecule has 0 saturated carbocycles. The summed E-state index contributed by atoms with van der Waals surface area (Å²) in [6.07, 6.45) is 0.791. The SMILES string of the molecule is CCOC(=O)C1C(C)O[C@H]2OCCCC2[S@@]1=O. The van der Waals surface area contributed by atoms with Crippen LogP contribution in [0, 0.1) is 0 Å². The van der Waals surface area contributed by atoms with Gasteiger partial charge in [0.1, 0.15) is 0 Å². The summed E-state index contributed by atoms with van der Waals surface area (Å²) < 4.78 is 28.4. The van der Waals surface area contributed by atoms with Crippen molar-refractivity contribution in [3.05, 3.63) is 0 Å². The maximum atomic E-state index is 12.3. The molecule has 5 nitrogen and oxygen atoms in total. The summed E-state index contributed by atoms with van der Waals surface area (Å²) in [5, 5.41) is -0.882. The van der Waals surface area contributed by atoms with Crippen molar-refractivity contribution in [1.82, 2.24) is 0 Å². The number of hydrogen-bond acceptors (Lipinski definition) is 5. The molecule has 0 bridgehead atoms. The van der Waals surface area contributed by atoms with Gasteiger partial charge in [0.15, 0.2) is 11.5 Å².